The zero-order valence-corrected chi connectivity index (χ0v) is 15.8. The molecule has 2 fully saturated rings. The van der Waals surface area contributed by atoms with Crippen LogP contribution < -0.4 is 10.6 Å². The van der Waals surface area contributed by atoms with E-state index < -0.39 is 30.1 Å². The fourth-order valence-electron chi connectivity index (χ4n) is 2.88. The molecule has 4 N–H and O–H groups in total. The normalized spacial score (nSPS) is 33.5. The van der Waals surface area contributed by atoms with Gasteiger partial charge in [-0.2, -0.15) is 9.36 Å². The first-order valence-electron chi connectivity index (χ1n) is 8.27. The first-order chi connectivity index (χ1) is 12.6. The molecule has 3 heterocycles. The molecule has 26 heavy (non-hydrogen) atoms. The predicted octanol–water partition coefficient (Wildman–Crippen LogP) is -0.928. The maximum Gasteiger partial charge on any atom is 0.236 e. The van der Waals surface area contributed by atoms with E-state index in [1.54, 1.807) is 0 Å². The summed E-state index contributed by atoms with van der Waals surface area (Å²) in [4.78, 5) is 3.97. The smallest absolute Gasteiger partial charge is 0.236 e. The van der Waals surface area contributed by atoms with Crippen LogP contribution in [-0.4, -0.2) is 96.3 Å². The lowest BCUT2D eigenvalue weighted by Gasteiger charge is -2.42. The Labute approximate surface area is 159 Å². The van der Waals surface area contributed by atoms with Gasteiger partial charge in [-0.3, -0.25) is 0 Å². The van der Waals surface area contributed by atoms with Crippen molar-refractivity contribution >= 4 is 28.3 Å². The summed E-state index contributed by atoms with van der Waals surface area (Å²) >= 11 is 6.74. The lowest BCUT2D eigenvalue weighted by molar-refractivity contribution is -0.230. The molecular weight excluding hydrogens is 388 g/mol. The zero-order valence-electron chi connectivity index (χ0n) is 14.3. The summed E-state index contributed by atoms with van der Waals surface area (Å²) in [7, 11) is 1.85. The summed E-state index contributed by atoms with van der Waals surface area (Å²) < 4.78 is 26.3. The number of hydrogen-bond donors (Lipinski definition) is 4. The molecule has 10 nitrogen and oxygen atoms in total. The monoisotopic (exact) mass is 410 g/mol. The number of aliphatic hydroxyl groups excluding tert-OH is 2. The van der Waals surface area contributed by atoms with Crippen LogP contribution in [0, 0.1) is 0 Å². The van der Waals surface area contributed by atoms with Crippen molar-refractivity contribution in [2.75, 3.05) is 51.9 Å². The number of anilines is 1. The second kappa shape index (κ2) is 9.04. The summed E-state index contributed by atoms with van der Waals surface area (Å²) in [6, 6.07) is -0.700. The molecule has 1 aromatic rings. The highest BCUT2D eigenvalue weighted by Crippen LogP contribution is 2.38. The molecule has 2 aliphatic rings. The molecule has 0 saturated carbocycles. The van der Waals surface area contributed by atoms with Crippen LogP contribution in [0.25, 0.3) is 0 Å². The van der Waals surface area contributed by atoms with Crippen molar-refractivity contribution in [3.05, 3.63) is 5.28 Å². The van der Waals surface area contributed by atoms with E-state index in [1.165, 1.54) is 0 Å². The fraction of sp³-hybridized carbons (Fsp3) is 0.857. The molecule has 3 rings (SSSR count). The third-order valence-electron chi connectivity index (χ3n) is 4.27. The molecule has 2 bridgehead atoms. The Hall–Kier alpha value is -0.630. The standard InChI is InChI=1S/C14H23ClN4O6S/c1-16-2-3-22-4-5-23-6-14-7-24-11(25-14)8(9(20)10(14)21)17-13-18-12(15)19-26-13/h8-11,16,20-21H,2-7H2,1H3,(H,17,18,19)/t8-,9-,10-,11+,14+/m1/s1. The molecule has 1 aromatic heterocycles. The highest BCUT2D eigenvalue weighted by atomic mass is 35.5. The average Bonchev–Trinajstić information content (AvgIpc) is 3.22. The van der Waals surface area contributed by atoms with Crippen molar-refractivity contribution in [1.82, 2.24) is 14.7 Å². The third kappa shape index (κ3) is 4.43. The molecule has 0 aromatic carbocycles. The van der Waals surface area contributed by atoms with Crippen molar-refractivity contribution in [1.29, 1.82) is 0 Å². The first kappa shape index (κ1) is 20.1. The van der Waals surface area contributed by atoms with Crippen molar-refractivity contribution < 1.29 is 29.2 Å². The Kier molecular flexibility index (Phi) is 6.99. The Morgan fingerprint density at radius 2 is 2.15 bits per heavy atom. The van der Waals surface area contributed by atoms with Crippen molar-refractivity contribution in [2.45, 2.75) is 30.1 Å². The van der Waals surface area contributed by atoms with Gasteiger partial charge < -0.3 is 39.8 Å². The van der Waals surface area contributed by atoms with Crippen molar-refractivity contribution in [3.8, 4) is 0 Å². The van der Waals surface area contributed by atoms with Crippen LogP contribution in [0.3, 0.4) is 0 Å². The largest absolute Gasteiger partial charge is 0.388 e. The van der Waals surface area contributed by atoms with Crippen LogP contribution >= 0.6 is 23.1 Å². The van der Waals surface area contributed by atoms with E-state index in [1.807, 2.05) is 7.05 Å². The van der Waals surface area contributed by atoms with E-state index in [-0.39, 0.29) is 18.5 Å². The van der Waals surface area contributed by atoms with Gasteiger partial charge in [0.2, 0.25) is 10.4 Å². The molecule has 12 heteroatoms. The second-order valence-electron chi connectivity index (χ2n) is 6.10. The van der Waals surface area contributed by atoms with Crippen LogP contribution in [0.5, 0.6) is 0 Å². The Balaban J connectivity index is 1.50. The molecule has 5 atom stereocenters. The van der Waals surface area contributed by atoms with Gasteiger partial charge in [-0.15, -0.1) is 0 Å². The van der Waals surface area contributed by atoms with E-state index >= 15 is 0 Å². The topological polar surface area (TPSA) is 127 Å². The lowest BCUT2D eigenvalue weighted by atomic mass is 9.88. The second-order valence-corrected chi connectivity index (χ2v) is 7.19. The van der Waals surface area contributed by atoms with Crippen LogP contribution in [-0.2, 0) is 18.9 Å². The van der Waals surface area contributed by atoms with Gasteiger partial charge in [0, 0.05) is 18.1 Å². The summed E-state index contributed by atoms with van der Waals surface area (Å²) in [5, 5.41) is 27.5. The summed E-state index contributed by atoms with van der Waals surface area (Å²) in [5.74, 6) is 0. The Bertz CT molecular complexity index is 583. The maximum atomic E-state index is 10.6. The molecule has 0 aliphatic carbocycles. The molecule has 148 valence electrons. The van der Waals surface area contributed by atoms with Crippen LogP contribution in [0.15, 0.2) is 0 Å². The van der Waals surface area contributed by atoms with Crippen molar-refractivity contribution in [3.63, 3.8) is 0 Å². The van der Waals surface area contributed by atoms with Gasteiger partial charge in [0.05, 0.1) is 33.0 Å². The number of halogens is 1. The van der Waals surface area contributed by atoms with Crippen LogP contribution in [0.1, 0.15) is 0 Å². The zero-order chi connectivity index (χ0) is 18.6. The number of aliphatic hydroxyl groups is 2. The van der Waals surface area contributed by atoms with E-state index in [9.17, 15) is 10.2 Å². The summed E-state index contributed by atoms with van der Waals surface area (Å²) in [6.45, 7) is 2.36. The predicted molar refractivity (Wildman–Crippen MR) is 93.5 cm³/mol. The number of fused-ring (bicyclic) bond motifs is 2. The van der Waals surface area contributed by atoms with Gasteiger partial charge >= 0.3 is 0 Å². The summed E-state index contributed by atoms with van der Waals surface area (Å²) in [6.07, 6.45) is -3.06. The maximum absolute atomic E-state index is 10.6. The molecule has 0 spiro atoms. The lowest BCUT2D eigenvalue weighted by Crippen LogP contribution is -2.64. The van der Waals surface area contributed by atoms with E-state index in [0.29, 0.717) is 25.0 Å². The molecule has 0 unspecified atom stereocenters. The molecule has 0 radical (unpaired) electrons. The van der Waals surface area contributed by atoms with Gasteiger partial charge in [-0.25, -0.2) is 0 Å². The van der Waals surface area contributed by atoms with E-state index in [0.717, 1.165) is 18.1 Å². The number of rotatable bonds is 10. The quantitative estimate of drug-likeness (QED) is 0.359. The summed E-state index contributed by atoms with van der Waals surface area (Å²) in [5.41, 5.74) is -1.11. The third-order valence-corrected chi connectivity index (χ3v) is 5.19. The fourth-order valence-corrected chi connectivity index (χ4v) is 3.64. The number of likely N-dealkylation sites (N-methyl/N-ethyl adjacent to an activating group) is 1. The highest BCUT2D eigenvalue weighted by molar-refractivity contribution is 7.09. The minimum Gasteiger partial charge on any atom is -0.388 e. The highest BCUT2D eigenvalue weighted by Gasteiger charge is 2.59. The number of nitrogens with zero attached hydrogens (tertiary/aromatic N) is 2. The Morgan fingerprint density at radius 3 is 2.88 bits per heavy atom. The molecular formula is C14H23ClN4O6S. The average molecular weight is 411 g/mol. The molecule has 2 aliphatic heterocycles. The minimum absolute atomic E-state index is 0.0917. The number of nitrogens with one attached hydrogen (secondary N) is 2. The minimum atomic E-state index is -1.19. The SMILES string of the molecule is CNCCOCCOC[C@@]12CO[C@@H](O1)[C@H](Nc1nc(Cl)ns1)[C@@H](O)[C@H]2O. The number of ether oxygens (including phenoxy) is 4. The van der Waals surface area contributed by atoms with E-state index in [2.05, 4.69) is 20.0 Å². The van der Waals surface area contributed by atoms with Gasteiger partial charge in [-0.1, -0.05) is 0 Å². The molecule has 0 amide bonds. The molecule has 2 saturated heterocycles. The first-order valence-corrected chi connectivity index (χ1v) is 9.42. The van der Waals surface area contributed by atoms with Gasteiger partial charge in [0.1, 0.15) is 23.9 Å². The van der Waals surface area contributed by atoms with Crippen LogP contribution in [0.2, 0.25) is 5.28 Å². The number of hydrogen-bond acceptors (Lipinski definition) is 11. The van der Waals surface area contributed by atoms with E-state index in [4.69, 9.17) is 30.5 Å². The Morgan fingerprint density at radius 1 is 1.35 bits per heavy atom. The van der Waals surface area contributed by atoms with Crippen LogP contribution in [0.4, 0.5) is 5.13 Å². The number of aromatic nitrogens is 2. The van der Waals surface area contributed by atoms with Crippen molar-refractivity contribution in [2.24, 2.45) is 0 Å². The van der Waals surface area contributed by atoms with Gasteiger partial charge in [0.25, 0.3) is 0 Å². The van der Waals surface area contributed by atoms with Gasteiger partial charge in [0.15, 0.2) is 6.29 Å². The van der Waals surface area contributed by atoms with Gasteiger partial charge in [-0.05, 0) is 18.6 Å².